The fraction of sp³-hybridized carbons (Fsp3) is 0.188. The molecule has 2 aromatic carbocycles. The SMILES string of the molecule is COC(=O)c1ccc(OCc2ccc(C)cc2Cl)cc1. The molecule has 3 nitrogen and oxygen atoms in total. The summed E-state index contributed by atoms with van der Waals surface area (Å²) in [5, 5.41) is 0.691. The molecule has 0 aromatic heterocycles. The van der Waals surface area contributed by atoms with Crippen LogP contribution in [0.5, 0.6) is 5.75 Å². The number of ether oxygens (including phenoxy) is 2. The lowest BCUT2D eigenvalue weighted by Gasteiger charge is -2.09. The van der Waals surface area contributed by atoms with E-state index in [-0.39, 0.29) is 5.97 Å². The van der Waals surface area contributed by atoms with Crippen molar-refractivity contribution in [2.24, 2.45) is 0 Å². The maximum atomic E-state index is 11.3. The third-order valence-corrected chi connectivity index (χ3v) is 3.23. The van der Waals surface area contributed by atoms with Crippen molar-refractivity contribution >= 4 is 17.6 Å². The van der Waals surface area contributed by atoms with E-state index in [0.717, 1.165) is 11.1 Å². The number of carbonyl (C=O) groups excluding carboxylic acids is 1. The van der Waals surface area contributed by atoms with Gasteiger partial charge in [-0.15, -0.1) is 0 Å². The van der Waals surface area contributed by atoms with Gasteiger partial charge < -0.3 is 9.47 Å². The summed E-state index contributed by atoms with van der Waals surface area (Å²) in [6.07, 6.45) is 0. The smallest absolute Gasteiger partial charge is 0.337 e. The molecule has 0 aliphatic carbocycles. The largest absolute Gasteiger partial charge is 0.489 e. The van der Waals surface area contributed by atoms with Crippen molar-refractivity contribution in [3.63, 3.8) is 0 Å². The van der Waals surface area contributed by atoms with E-state index in [1.165, 1.54) is 7.11 Å². The van der Waals surface area contributed by atoms with Crippen molar-refractivity contribution in [1.29, 1.82) is 0 Å². The normalized spacial score (nSPS) is 10.2. The molecule has 0 heterocycles. The maximum absolute atomic E-state index is 11.3. The molecule has 0 atom stereocenters. The minimum absolute atomic E-state index is 0.363. The van der Waals surface area contributed by atoms with Crippen LogP contribution in [0.2, 0.25) is 5.02 Å². The van der Waals surface area contributed by atoms with Crippen LogP contribution in [0.3, 0.4) is 0 Å². The molecular weight excluding hydrogens is 276 g/mol. The van der Waals surface area contributed by atoms with Crippen LogP contribution in [-0.4, -0.2) is 13.1 Å². The summed E-state index contributed by atoms with van der Waals surface area (Å²) in [6, 6.07) is 12.6. The van der Waals surface area contributed by atoms with Gasteiger partial charge in [0.15, 0.2) is 0 Å². The van der Waals surface area contributed by atoms with Crippen LogP contribution >= 0.6 is 11.6 Å². The van der Waals surface area contributed by atoms with Crippen molar-refractivity contribution in [2.75, 3.05) is 7.11 Å². The molecule has 20 heavy (non-hydrogen) atoms. The minimum Gasteiger partial charge on any atom is -0.489 e. The quantitative estimate of drug-likeness (QED) is 0.798. The lowest BCUT2D eigenvalue weighted by Crippen LogP contribution is -2.01. The van der Waals surface area contributed by atoms with Crippen LogP contribution in [0.25, 0.3) is 0 Å². The zero-order chi connectivity index (χ0) is 14.5. The van der Waals surface area contributed by atoms with E-state index in [9.17, 15) is 4.79 Å². The minimum atomic E-state index is -0.363. The number of hydrogen-bond donors (Lipinski definition) is 0. The predicted octanol–water partition coefficient (Wildman–Crippen LogP) is 4.01. The molecule has 0 aliphatic heterocycles. The molecule has 0 spiro atoms. The second-order valence-electron chi connectivity index (χ2n) is 4.40. The summed E-state index contributed by atoms with van der Waals surface area (Å²) in [7, 11) is 1.35. The Labute approximate surface area is 123 Å². The highest BCUT2D eigenvalue weighted by atomic mass is 35.5. The zero-order valence-corrected chi connectivity index (χ0v) is 12.1. The first-order chi connectivity index (χ1) is 9.60. The third-order valence-electron chi connectivity index (χ3n) is 2.88. The fourth-order valence-corrected chi connectivity index (χ4v) is 2.03. The Morgan fingerprint density at radius 2 is 1.85 bits per heavy atom. The maximum Gasteiger partial charge on any atom is 0.337 e. The lowest BCUT2D eigenvalue weighted by atomic mass is 10.1. The molecule has 104 valence electrons. The van der Waals surface area contributed by atoms with Crippen LogP contribution < -0.4 is 4.74 Å². The van der Waals surface area contributed by atoms with E-state index in [2.05, 4.69) is 4.74 Å². The van der Waals surface area contributed by atoms with Crippen molar-refractivity contribution in [3.05, 3.63) is 64.2 Å². The molecule has 0 bridgehead atoms. The van der Waals surface area contributed by atoms with Gasteiger partial charge in [0.2, 0.25) is 0 Å². The van der Waals surface area contributed by atoms with Gasteiger partial charge in [-0.05, 0) is 42.8 Å². The van der Waals surface area contributed by atoms with Crippen LogP contribution in [-0.2, 0) is 11.3 Å². The highest BCUT2D eigenvalue weighted by Crippen LogP contribution is 2.20. The van der Waals surface area contributed by atoms with Crippen LogP contribution in [0.4, 0.5) is 0 Å². The van der Waals surface area contributed by atoms with Gasteiger partial charge in [0, 0.05) is 10.6 Å². The molecule has 0 aliphatic rings. The van der Waals surface area contributed by atoms with Gasteiger partial charge in [-0.25, -0.2) is 4.79 Å². The number of halogens is 1. The fourth-order valence-electron chi connectivity index (χ4n) is 1.74. The standard InChI is InChI=1S/C16H15ClO3/c1-11-3-4-13(15(17)9-11)10-20-14-7-5-12(6-8-14)16(18)19-2/h3-9H,10H2,1-2H3. The van der Waals surface area contributed by atoms with Gasteiger partial charge in [0.25, 0.3) is 0 Å². The van der Waals surface area contributed by atoms with Crippen LogP contribution in [0.15, 0.2) is 42.5 Å². The van der Waals surface area contributed by atoms with Gasteiger partial charge in [0.05, 0.1) is 12.7 Å². The molecule has 0 amide bonds. The molecule has 0 unspecified atom stereocenters. The Bertz CT molecular complexity index is 606. The molecule has 0 saturated heterocycles. The first-order valence-corrected chi connectivity index (χ1v) is 6.54. The summed E-state index contributed by atoms with van der Waals surface area (Å²) in [5.41, 5.74) is 2.53. The number of aryl methyl sites for hydroxylation is 1. The molecule has 4 heteroatoms. The average Bonchev–Trinajstić information content (AvgIpc) is 2.46. The molecule has 0 radical (unpaired) electrons. The predicted molar refractivity (Wildman–Crippen MR) is 78.3 cm³/mol. The molecule has 0 fully saturated rings. The van der Waals surface area contributed by atoms with E-state index in [1.54, 1.807) is 24.3 Å². The molecule has 2 aromatic rings. The van der Waals surface area contributed by atoms with E-state index in [4.69, 9.17) is 16.3 Å². The van der Waals surface area contributed by atoms with Crippen molar-refractivity contribution < 1.29 is 14.3 Å². The summed E-state index contributed by atoms with van der Waals surface area (Å²) >= 11 is 6.14. The summed E-state index contributed by atoms with van der Waals surface area (Å²) in [4.78, 5) is 11.3. The molecule has 0 N–H and O–H groups in total. The van der Waals surface area contributed by atoms with E-state index < -0.39 is 0 Å². The third kappa shape index (κ3) is 3.52. The number of methoxy groups -OCH3 is 1. The molecule has 2 rings (SSSR count). The summed E-state index contributed by atoms with van der Waals surface area (Å²) < 4.78 is 10.3. The van der Waals surface area contributed by atoms with Gasteiger partial charge in [0.1, 0.15) is 12.4 Å². The molecule has 0 saturated carbocycles. The van der Waals surface area contributed by atoms with Gasteiger partial charge >= 0.3 is 5.97 Å². The lowest BCUT2D eigenvalue weighted by molar-refractivity contribution is 0.0600. The van der Waals surface area contributed by atoms with Crippen molar-refractivity contribution in [1.82, 2.24) is 0 Å². The highest BCUT2D eigenvalue weighted by Gasteiger charge is 2.05. The Balaban J connectivity index is 2.02. The zero-order valence-electron chi connectivity index (χ0n) is 11.4. The second kappa shape index (κ2) is 6.44. The number of rotatable bonds is 4. The van der Waals surface area contributed by atoms with E-state index in [0.29, 0.717) is 22.9 Å². The Kier molecular flexibility index (Phi) is 4.64. The highest BCUT2D eigenvalue weighted by molar-refractivity contribution is 6.31. The number of carbonyl (C=O) groups is 1. The number of hydrogen-bond acceptors (Lipinski definition) is 3. The summed E-state index contributed by atoms with van der Waals surface area (Å²) in [6.45, 7) is 2.37. The second-order valence-corrected chi connectivity index (χ2v) is 4.81. The summed E-state index contributed by atoms with van der Waals surface area (Å²) in [5.74, 6) is 0.312. The number of esters is 1. The van der Waals surface area contributed by atoms with E-state index in [1.807, 2.05) is 25.1 Å². The first kappa shape index (κ1) is 14.4. The number of benzene rings is 2. The average molecular weight is 291 g/mol. The Morgan fingerprint density at radius 3 is 2.45 bits per heavy atom. The monoisotopic (exact) mass is 290 g/mol. The van der Waals surface area contributed by atoms with Crippen molar-refractivity contribution in [2.45, 2.75) is 13.5 Å². The van der Waals surface area contributed by atoms with Gasteiger partial charge in [-0.2, -0.15) is 0 Å². The first-order valence-electron chi connectivity index (χ1n) is 6.16. The van der Waals surface area contributed by atoms with E-state index >= 15 is 0 Å². The van der Waals surface area contributed by atoms with Crippen LogP contribution in [0, 0.1) is 6.92 Å². The topological polar surface area (TPSA) is 35.5 Å². The van der Waals surface area contributed by atoms with Gasteiger partial charge in [-0.3, -0.25) is 0 Å². The van der Waals surface area contributed by atoms with Crippen LogP contribution in [0.1, 0.15) is 21.5 Å². The van der Waals surface area contributed by atoms with Crippen molar-refractivity contribution in [3.8, 4) is 5.75 Å². The molecular formula is C16H15ClO3. The Morgan fingerprint density at radius 1 is 1.15 bits per heavy atom. The van der Waals surface area contributed by atoms with Gasteiger partial charge in [-0.1, -0.05) is 23.7 Å². The Hall–Kier alpha value is -2.00.